The summed E-state index contributed by atoms with van der Waals surface area (Å²) in [6, 6.07) is 3.63. The van der Waals surface area contributed by atoms with Crippen LogP contribution in [0.15, 0.2) is 34.5 Å². The third-order valence-electron chi connectivity index (χ3n) is 3.71. The van der Waals surface area contributed by atoms with Crippen LogP contribution in [0, 0.1) is 6.92 Å². The molecule has 0 aromatic carbocycles. The van der Waals surface area contributed by atoms with E-state index in [4.69, 9.17) is 4.74 Å². The number of allylic oxidation sites excluding steroid dienone is 1. The number of hydrogen-bond donors (Lipinski definition) is 1. The van der Waals surface area contributed by atoms with Crippen LogP contribution in [-0.2, 0) is 22.4 Å². The minimum Gasteiger partial charge on any atom is -0.511 e. The molecule has 2 aromatic rings. The van der Waals surface area contributed by atoms with Crippen molar-refractivity contribution < 1.29 is 14.6 Å². The highest BCUT2D eigenvalue weighted by molar-refractivity contribution is 5.90. The number of aryl methyl sites for hydroxylation is 1. The molecule has 0 saturated carbocycles. The molecule has 3 rings (SSSR count). The van der Waals surface area contributed by atoms with E-state index in [2.05, 4.69) is 4.98 Å². The van der Waals surface area contributed by atoms with E-state index in [1.807, 2.05) is 13.0 Å². The average molecular weight is 300 g/mol. The first-order valence-corrected chi connectivity index (χ1v) is 7.10. The standard InChI is InChI=1S/C16H16N2O4/c1-3-22-16(21)11-6-12-10(7-13(11)19)15(20)18-8-9(2)4-5-14(18)17-12/h4-5,8,19H,3,6-7H2,1-2H3. The summed E-state index contributed by atoms with van der Waals surface area (Å²) in [6.45, 7) is 3.82. The molecule has 2 aromatic heterocycles. The topological polar surface area (TPSA) is 80.9 Å². The zero-order valence-corrected chi connectivity index (χ0v) is 12.4. The zero-order valence-electron chi connectivity index (χ0n) is 12.4. The van der Waals surface area contributed by atoms with E-state index in [0.29, 0.717) is 16.9 Å². The van der Waals surface area contributed by atoms with Crippen molar-refractivity contribution in [2.24, 2.45) is 0 Å². The molecule has 6 heteroatoms. The van der Waals surface area contributed by atoms with Crippen LogP contribution in [0.5, 0.6) is 0 Å². The predicted octanol–water partition coefficient (Wildman–Crippen LogP) is 1.48. The second-order valence-corrected chi connectivity index (χ2v) is 5.28. The molecule has 22 heavy (non-hydrogen) atoms. The normalized spacial score (nSPS) is 14.1. The molecule has 0 saturated heterocycles. The van der Waals surface area contributed by atoms with Crippen molar-refractivity contribution >= 4 is 11.6 Å². The van der Waals surface area contributed by atoms with E-state index in [0.717, 1.165) is 5.56 Å². The van der Waals surface area contributed by atoms with Gasteiger partial charge in [-0.1, -0.05) is 6.07 Å². The second kappa shape index (κ2) is 5.29. The van der Waals surface area contributed by atoms with Gasteiger partial charge in [0.05, 0.1) is 17.9 Å². The molecule has 0 aliphatic heterocycles. The minimum absolute atomic E-state index is 0.00615. The summed E-state index contributed by atoms with van der Waals surface area (Å²) in [4.78, 5) is 28.9. The highest BCUT2D eigenvalue weighted by Crippen LogP contribution is 2.23. The molecule has 0 spiro atoms. The summed E-state index contributed by atoms with van der Waals surface area (Å²) in [6.07, 6.45) is 1.83. The maximum atomic E-state index is 12.5. The van der Waals surface area contributed by atoms with Gasteiger partial charge in [-0.15, -0.1) is 0 Å². The van der Waals surface area contributed by atoms with Crippen molar-refractivity contribution in [2.45, 2.75) is 26.7 Å². The van der Waals surface area contributed by atoms with Crippen LogP contribution in [0.1, 0.15) is 23.7 Å². The lowest BCUT2D eigenvalue weighted by molar-refractivity contribution is -0.138. The molecule has 0 fully saturated rings. The number of carbonyl (C=O) groups excluding carboxylic acids is 1. The summed E-state index contributed by atoms with van der Waals surface area (Å²) >= 11 is 0. The maximum Gasteiger partial charge on any atom is 0.337 e. The Morgan fingerprint density at radius 1 is 1.41 bits per heavy atom. The fraction of sp³-hybridized carbons (Fsp3) is 0.312. The number of hydrogen-bond acceptors (Lipinski definition) is 5. The van der Waals surface area contributed by atoms with Crippen molar-refractivity contribution in [3.63, 3.8) is 0 Å². The summed E-state index contributed by atoms with van der Waals surface area (Å²) in [7, 11) is 0. The van der Waals surface area contributed by atoms with Crippen LogP contribution in [-0.4, -0.2) is 27.1 Å². The van der Waals surface area contributed by atoms with Gasteiger partial charge in [0.25, 0.3) is 5.56 Å². The van der Waals surface area contributed by atoms with Gasteiger partial charge in [0.1, 0.15) is 11.4 Å². The minimum atomic E-state index is -0.559. The van der Waals surface area contributed by atoms with Gasteiger partial charge in [-0.2, -0.15) is 0 Å². The number of aliphatic hydroxyl groups excluding tert-OH is 1. The Morgan fingerprint density at radius 2 is 2.18 bits per heavy atom. The first kappa shape index (κ1) is 14.3. The molecule has 0 unspecified atom stereocenters. The Balaban J connectivity index is 2.13. The molecule has 0 amide bonds. The van der Waals surface area contributed by atoms with E-state index in [-0.39, 0.29) is 36.3 Å². The fourth-order valence-electron chi connectivity index (χ4n) is 2.60. The Morgan fingerprint density at radius 3 is 2.91 bits per heavy atom. The maximum absolute atomic E-state index is 12.5. The summed E-state index contributed by atoms with van der Waals surface area (Å²) in [5.74, 6) is -0.672. The predicted molar refractivity (Wildman–Crippen MR) is 79.9 cm³/mol. The van der Waals surface area contributed by atoms with Crippen molar-refractivity contribution in [1.82, 2.24) is 9.38 Å². The van der Waals surface area contributed by atoms with Gasteiger partial charge >= 0.3 is 5.97 Å². The average Bonchev–Trinajstić information content (AvgIpc) is 2.49. The number of carbonyl (C=O) groups is 1. The van der Waals surface area contributed by atoms with Crippen molar-refractivity contribution in [3.8, 4) is 0 Å². The number of aromatic nitrogens is 2. The number of fused-ring (bicyclic) bond motifs is 2. The highest BCUT2D eigenvalue weighted by atomic mass is 16.5. The number of esters is 1. The van der Waals surface area contributed by atoms with Crippen molar-refractivity contribution in [2.75, 3.05) is 6.61 Å². The third kappa shape index (κ3) is 2.26. The van der Waals surface area contributed by atoms with Gasteiger partial charge in [0.2, 0.25) is 0 Å². The van der Waals surface area contributed by atoms with Gasteiger partial charge in [0, 0.05) is 24.6 Å². The van der Waals surface area contributed by atoms with Gasteiger partial charge in [-0.05, 0) is 25.5 Å². The molecule has 2 heterocycles. The number of pyridine rings is 1. The monoisotopic (exact) mass is 300 g/mol. The lowest BCUT2D eigenvalue weighted by atomic mass is 9.95. The van der Waals surface area contributed by atoms with Crippen LogP contribution >= 0.6 is 0 Å². The third-order valence-corrected chi connectivity index (χ3v) is 3.71. The molecule has 0 atom stereocenters. The van der Waals surface area contributed by atoms with E-state index in [1.54, 1.807) is 19.2 Å². The number of nitrogens with zero attached hydrogens (tertiary/aromatic N) is 2. The lowest BCUT2D eigenvalue weighted by Crippen LogP contribution is -2.28. The largest absolute Gasteiger partial charge is 0.511 e. The Bertz CT molecular complexity index is 864. The fourth-order valence-corrected chi connectivity index (χ4v) is 2.60. The molecule has 0 bridgehead atoms. The Labute approximate surface area is 126 Å². The van der Waals surface area contributed by atoms with E-state index in [9.17, 15) is 14.7 Å². The smallest absolute Gasteiger partial charge is 0.337 e. The first-order chi connectivity index (χ1) is 10.5. The Kier molecular flexibility index (Phi) is 3.44. The van der Waals surface area contributed by atoms with Crippen molar-refractivity contribution in [3.05, 3.63) is 56.8 Å². The summed E-state index contributed by atoms with van der Waals surface area (Å²) in [5.41, 5.74) is 2.39. The van der Waals surface area contributed by atoms with Gasteiger partial charge < -0.3 is 9.84 Å². The van der Waals surface area contributed by atoms with Crippen LogP contribution < -0.4 is 5.56 Å². The first-order valence-electron chi connectivity index (χ1n) is 7.10. The van der Waals surface area contributed by atoms with Gasteiger partial charge in [-0.3, -0.25) is 9.20 Å². The number of aliphatic hydroxyl groups is 1. The van der Waals surface area contributed by atoms with E-state index >= 15 is 0 Å². The molecule has 1 aliphatic rings. The molecule has 1 N–H and O–H groups in total. The molecule has 0 radical (unpaired) electrons. The van der Waals surface area contributed by atoms with Gasteiger partial charge in [0.15, 0.2) is 0 Å². The van der Waals surface area contributed by atoms with Crippen LogP contribution in [0.4, 0.5) is 0 Å². The molecular weight excluding hydrogens is 284 g/mol. The van der Waals surface area contributed by atoms with Crippen LogP contribution in [0.2, 0.25) is 0 Å². The SMILES string of the molecule is CCOC(=O)C1=C(O)Cc2c(nc3ccc(C)cn3c2=O)C1. The van der Waals surface area contributed by atoms with Crippen LogP contribution in [0.25, 0.3) is 5.65 Å². The molecule has 114 valence electrons. The highest BCUT2D eigenvalue weighted by Gasteiger charge is 2.27. The lowest BCUT2D eigenvalue weighted by Gasteiger charge is -2.18. The summed E-state index contributed by atoms with van der Waals surface area (Å²) < 4.78 is 6.40. The number of ether oxygens (including phenoxy) is 1. The van der Waals surface area contributed by atoms with E-state index in [1.165, 1.54) is 4.40 Å². The number of rotatable bonds is 2. The summed E-state index contributed by atoms with van der Waals surface area (Å²) in [5, 5.41) is 10.1. The quantitative estimate of drug-likeness (QED) is 0.850. The zero-order chi connectivity index (χ0) is 15.9. The Hall–Kier alpha value is -2.63. The molecular formula is C16H16N2O4. The van der Waals surface area contributed by atoms with Crippen molar-refractivity contribution in [1.29, 1.82) is 0 Å². The molecule has 1 aliphatic carbocycles. The van der Waals surface area contributed by atoms with Crippen LogP contribution in [0.3, 0.4) is 0 Å². The van der Waals surface area contributed by atoms with Gasteiger partial charge in [-0.25, -0.2) is 9.78 Å². The van der Waals surface area contributed by atoms with E-state index < -0.39 is 5.97 Å². The second-order valence-electron chi connectivity index (χ2n) is 5.28. The molecule has 6 nitrogen and oxygen atoms in total.